The highest BCUT2D eigenvalue weighted by atomic mass is 16.5. The zero-order valence-electron chi connectivity index (χ0n) is 15.6. The van der Waals surface area contributed by atoms with Crippen LogP contribution in [0.15, 0.2) is 54.6 Å². The first-order valence-electron chi connectivity index (χ1n) is 8.98. The second-order valence-corrected chi connectivity index (χ2v) is 6.48. The number of nitrogens with one attached hydrogen (secondary N) is 1. The molecule has 2 atom stereocenters. The molecule has 1 fully saturated rings. The maximum atomic E-state index is 12.8. The minimum atomic E-state index is -0.617. The average molecular weight is 368 g/mol. The zero-order chi connectivity index (χ0) is 19.2. The summed E-state index contributed by atoms with van der Waals surface area (Å²) in [5.41, 5.74) is 1.53. The van der Waals surface area contributed by atoms with Gasteiger partial charge in [0, 0.05) is 12.1 Å². The van der Waals surface area contributed by atoms with Crippen LogP contribution < -0.4 is 10.1 Å². The second kappa shape index (κ2) is 8.68. The van der Waals surface area contributed by atoms with Crippen molar-refractivity contribution in [2.75, 3.05) is 26.8 Å². The third-order valence-electron chi connectivity index (χ3n) is 4.62. The molecule has 1 aliphatic heterocycles. The second-order valence-electron chi connectivity index (χ2n) is 6.48. The molecular formula is C21H24N2O4. The van der Waals surface area contributed by atoms with Crippen LogP contribution in [-0.2, 0) is 9.53 Å². The van der Waals surface area contributed by atoms with Crippen LogP contribution in [0.2, 0.25) is 0 Å². The molecule has 1 N–H and O–H groups in total. The molecule has 1 heterocycles. The van der Waals surface area contributed by atoms with Gasteiger partial charge in [-0.15, -0.1) is 0 Å². The van der Waals surface area contributed by atoms with E-state index in [4.69, 9.17) is 9.47 Å². The van der Waals surface area contributed by atoms with E-state index >= 15 is 0 Å². The van der Waals surface area contributed by atoms with Crippen LogP contribution in [0.4, 0.5) is 0 Å². The topological polar surface area (TPSA) is 67.9 Å². The first kappa shape index (κ1) is 18.9. The minimum absolute atomic E-state index is 0.110. The molecule has 27 heavy (non-hydrogen) atoms. The van der Waals surface area contributed by atoms with E-state index in [2.05, 4.69) is 5.32 Å². The van der Waals surface area contributed by atoms with E-state index in [0.29, 0.717) is 31.0 Å². The summed E-state index contributed by atoms with van der Waals surface area (Å²) in [7, 11) is 1.57. The quantitative estimate of drug-likeness (QED) is 0.880. The summed E-state index contributed by atoms with van der Waals surface area (Å²) < 4.78 is 10.9. The van der Waals surface area contributed by atoms with Gasteiger partial charge in [0.15, 0.2) is 0 Å². The molecule has 1 saturated heterocycles. The number of rotatable bonds is 5. The number of morpholine rings is 1. The molecule has 2 aromatic carbocycles. The highest BCUT2D eigenvalue weighted by molar-refractivity contribution is 5.97. The van der Waals surface area contributed by atoms with Crippen LogP contribution in [0.25, 0.3) is 0 Å². The van der Waals surface area contributed by atoms with Crippen LogP contribution in [0.3, 0.4) is 0 Å². The van der Waals surface area contributed by atoms with Gasteiger partial charge in [0.25, 0.3) is 5.91 Å². The number of methoxy groups -OCH3 is 1. The lowest BCUT2D eigenvalue weighted by Gasteiger charge is -2.34. The predicted octanol–water partition coefficient (Wildman–Crippen LogP) is 2.41. The van der Waals surface area contributed by atoms with Gasteiger partial charge in [-0.2, -0.15) is 0 Å². The summed E-state index contributed by atoms with van der Waals surface area (Å²) in [6, 6.07) is 16.0. The number of carbonyl (C=O) groups excluding carboxylic acids is 2. The Hall–Kier alpha value is -2.86. The Morgan fingerprint density at radius 3 is 2.52 bits per heavy atom. The number of hydrogen-bond donors (Lipinski definition) is 1. The molecule has 1 aliphatic rings. The van der Waals surface area contributed by atoms with Gasteiger partial charge in [-0.25, -0.2) is 0 Å². The van der Waals surface area contributed by atoms with E-state index in [9.17, 15) is 9.59 Å². The van der Waals surface area contributed by atoms with Crippen LogP contribution >= 0.6 is 0 Å². The Morgan fingerprint density at radius 1 is 1.15 bits per heavy atom. The van der Waals surface area contributed by atoms with Gasteiger partial charge in [0.05, 0.1) is 20.3 Å². The van der Waals surface area contributed by atoms with Gasteiger partial charge in [0.1, 0.15) is 17.9 Å². The van der Waals surface area contributed by atoms with Crippen molar-refractivity contribution < 1.29 is 19.1 Å². The maximum absolute atomic E-state index is 12.8. The Balaban J connectivity index is 1.59. The first-order valence-corrected chi connectivity index (χ1v) is 8.98. The van der Waals surface area contributed by atoms with Crippen molar-refractivity contribution in [2.45, 2.75) is 19.1 Å². The smallest absolute Gasteiger partial charge is 0.251 e. The number of carbonyl (C=O) groups is 2. The van der Waals surface area contributed by atoms with Gasteiger partial charge in [0.2, 0.25) is 5.91 Å². The lowest BCUT2D eigenvalue weighted by Crippen LogP contribution is -2.51. The van der Waals surface area contributed by atoms with Gasteiger partial charge in [-0.05, 0) is 36.8 Å². The van der Waals surface area contributed by atoms with Gasteiger partial charge in [-0.1, -0.05) is 30.3 Å². The van der Waals surface area contributed by atoms with E-state index in [-0.39, 0.29) is 17.9 Å². The van der Waals surface area contributed by atoms with Crippen molar-refractivity contribution >= 4 is 11.8 Å². The van der Waals surface area contributed by atoms with Crippen molar-refractivity contribution in [3.63, 3.8) is 0 Å². The van der Waals surface area contributed by atoms with Crippen LogP contribution in [0.1, 0.15) is 28.9 Å². The molecule has 2 amide bonds. The molecule has 3 rings (SSSR count). The number of benzene rings is 2. The molecule has 0 spiro atoms. The molecule has 142 valence electrons. The van der Waals surface area contributed by atoms with Crippen molar-refractivity contribution in [1.29, 1.82) is 0 Å². The Morgan fingerprint density at radius 2 is 1.85 bits per heavy atom. The summed E-state index contributed by atoms with van der Waals surface area (Å²) in [4.78, 5) is 26.9. The lowest BCUT2D eigenvalue weighted by molar-refractivity contribution is -0.140. The third-order valence-corrected chi connectivity index (χ3v) is 4.62. The highest BCUT2D eigenvalue weighted by Gasteiger charge is 2.28. The molecular weight excluding hydrogens is 344 g/mol. The number of nitrogens with zero attached hydrogens (tertiary/aromatic N) is 1. The maximum Gasteiger partial charge on any atom is 0.251 e. The van der Waals surface area contributed by atoms with E-state index in [1.807, 2.05) is 30.3 Å². The monoisotopic (exact) mass is 368 g/mol. The minimum Gasteiger partial charge on any atom is -0.497 e. The standard InChI is InChI=1S/C21H24N2O4/c1-15(22-20(24)17-8-10-18(26-2)11-9-17)21(25)23-12-13-27-19(14-23)16-6-4-3-5-7-16/h3-11,15,19H,12-14H2,1-2H3,(H,22,24)/t15-,19?/m0/s1. The van der Waals surface area contributed by atoms with Gasteiger partial charge >= 0.3 is 0 Å². The molecule has 2 aromatic rings. The van der Waals surface area contributed by atoms with E-state index < -0.39 is 6.04 Å². The Bertz CT molecular complexity index is 777. The zero-order valence-corrected chi connectivity index (χ0v) is 15.6. The average Bonchev–Trinajstić information content (AvgIpc) is 2.74. The molecule has 0 bridgehead atoms. The Kier molecular flexibility index (Phi) is 6.08. The number of hydrogen-bond acceptors (Lipinski definition) is 4. The molecule has 1 unspecified atom stereocenters. The summed E-state index contributed by atoms with van der Waals surface area (Å²) in [5, 5.41) is 2.77. The number of ether oxygens (including phenoxy) is 2. The number of amides is 2. The summed E-state index contributed by atoms with van der Waals surface area (Å²) in [6.45, 7) is 3.18. The van der Waals surface area contributed by atoms with E-state index in [0.717, 1.165) is 5.56 Å². The largest absolute Gasteiger partial charge is 0.497 e. The molecule has 0 aromatic heterocycles. The predicted molar refractivity (Wildman–Crippen MR) is 102 cm³/mol. The molecule has 6 nitrogen and oxygen atoms in total. The van der Waals surface area contributed by atoms with Crippen molar-refractivity contribution in [1.82, 2.24) is 10.2 Å². The van der Waals surface area contributed by atoms with E-state index in [1.165, 1.54) is 0 Å². The molecule has 6 heteroatoms. The van der Waals surface area contributed by atoms with E-state index in [1.54, 1.807) is 43.2 Å². The fourth-order valence-corrected chi connectivity index (χ4v) is 3.08. The SMILES string of the molecule is COc1ccc(C(=O)N[C@@H](C)C(=O)N2CCOC(c3ccccc3)C2)cc1. The highest BCUT2D eigenvalue weighted by Crippen LogP contribution is 2.22. The molecule has 0 aliphatic carbocycles. The lowest BCUT2D eigenvalue weighted by atomic mass is 10.1. The van der Waals surface area contributed by atoms with Crippen molar-refractivity contribution in [3.05, 3.63) is 65.7 Å². The molecule has 0 saturated carbocycles. The van der Waals surface area contributed by atoms with Crippen LogP contribution in [0.5, 0.6) is 5.75 Å². The van der Waals surface area contributed by atoms with Crippen LogP contribution in [0, 0.1) is 0 Å². The summed E-state index contributed by atoms with van der Waals surface area (Å²) in [5.74, 6) is 0.281. The van der Waals surface area contributed by atoms with Gasteiger partial charge < -0.3 is 19.7 Å². The fraction of sp³-hybridized carbons (Fsp3) is 0.333. The van der Waals surface area contributed by atoms with Crippen LogP contribution in [-0.4, -0.2) is 49.6 Å². The molecule has 0 radical (unpaired) electrons. The fourth-order valence-electron chi connectivity index (χ4n) is 3.08. The summed E-state index contributed by atoms with van der Waals surface area (Å²) >= 11 is 0. The van der Waals surface area contributed by atoms with Crippen molar-refractivity contribution in [3.8, 4) is 5.75 Å². The van der Waals surface area contributed by atoms with Gasteiger partial charge in [-0.3, -0.25) is 9.59 Å². The summed E-state index contributed by atoms with van der Waals surface area (Å²) in [6.07, 6.45) is -0.145. The Labute approximate surface area is 159 Å². The van der Waals surface area contributed by atoms with Crippen molar-refractivity contribution in [2.24, 2.45) is 0 Å². The first-order chi connectivity index (χ1) is 13.1. The normalized spacial score (nSPS) is 17.9. The third kappa shape index (κ3) is 4.65.